The summed E-state index contributed by atoms with van der Waals surface area (Å²) < 4.78 is 1.54. The maximum absolute atomic E-state index is 13.2. The third-order valence-electron chi connectivity index (χ3n) is 5.61. The van der Waals surface area contributed by atoms with Gasteiger partial charge < -0.3 is 19.9 Å². The van der Waals surface area contributed by atoms with Crippen molar-refractivity contribution in [1.82, 2.24) is 14.8 Å². The fraction of sp³-hybridized carbons (Fsp3) is 0.240. The maximum atomic E-state index is 13.2. The van der Waals surface area contributed by atoms with Gasteiger partial charge in [-0.2, -0.15) is 0 Å². The molecule has 2 N–H and O–H groups in total. The quantitative estimate of drug-likeness (QED) is 0.650. The molecule has 0 radical (unpaired) electrons. The Morgan fingerprint density at radius 1 is 1.09 bits per heavy atom. The number of fused-ring (bicyclic) bond motifs is 1. The molecule has 7 heteroatoms. The largest absolute Gasteiger partial charge is 0.508 e. The van der Waals surface area contributed by atoms with Crippen molar-refractivity contribution in [2.45, 2.75) is 26.4 Å². The van der Waals surface area contributed by atoms with Gasteiger partial charge in [-0.25, -0.2) is 0 Å². The monoisotopic (exact) mass is 431 g/mol. The van der Waals surface area contributed by atoms with Crippen molar-refractivity contribution in [3.05, 3.63) is 99.0 Å². The number of rotatable bonds is 5. The average molecular weight is 431 g/mol. The molecule has 1 aliphatic rings. The van der Waals surface area contributed by atoms with Crippen LogP contribution in [0.15, 0.2) is 65.6 Å². The first kappa shape index (κ1) is 21.4. The summed E-state index contributed by atoms with van der Waals surface area (Å²) in [5, 5.41) is 12.5. The molecule has 0 spiro atoms. The van der Waals surface area contributed by atoms with Crippen LogP contribution in [0.5, 0.6) is 5.75 Å². The van der Waals surface area contributed by atoms with E-state index in [0.717, 1.165) is 11.1 Å². The van der Waals surface area contributed by atoms with Crippen LogP contribution in [0.4, 0.5) is 0 Å². The van der Waals surface area contributed by atoms with Gasteiger partial charge >= 0.3 is 0 Å². The Morgan fingerprint density at radius 2 is 1.88 bits per heavy atom. The zero-order chi connectivity index (χ0) is 22.7. The van der Waals surface area contributed by atoms with Gasteiger partial charge in [0.05, 0.1) is 6.54 Å². The average Bonchev–Trinajstić information content (AvgIpc) is 2.79. The smallest absolute Gasteiger partial charge is 0.264 e. The molecule has 0 saturated heterocycles. The van der Waals surface area contributed by atoms with Gasteiger partial charge in [-0.3, -0.25) is 14.4 Å². The van der Waals surface area contributed by atoms with E-state index in [1.165, 1.54) is 12.1 Å². The Bertz CT molecular complexity index is 1220. The molecule has 0 fully saturated rings. The van der Waals surface area contributed by atoms with Crippen LogP contribution in [0, 0.1) is 0 Å². The van der Waals surface area contributed by atoms with E-state index in [1.807, 2.05) is 37.3 Å². The Kier molecular flexibility index (Phi) is 6.07. The number of aromatic hydroxyl groups is 1. The van der Waals surface area contributed by atoms with Crippen LogP contribution in [0.2, 0.25) is 0 Å². The predicted octanol–water partition coefficient (Wildman–Crippen LogP) is 2.55. The molecule has 4 rings (SSSR count). The van der Waals surface area contributed by atoms with Gasteiger partial charge in [0.15, 0.2) is 0 Å². The van der Waals surface area contributed by atoms with Crippen molar-refractivity contribution in [2.24, 2.45) is 0 Å². The number of phenols is 1. The highest BCUT2D eigenvalue weighted by Gasteiger charge is 2.28. The van der Waals surface area contributed by atoms with Crippen LogP contribution in [0.25, 0.3) is 0 Å². The van der Waals surface area contributed by atoms with E-state index in [4.69, 9.17) is 0 Å². The second-order valence-corrected chi connectivity index (χ2v) is 7.81. The molecule has 1 aromatic heterocycles. The lowest BCUT2D eigenvalue weighted by Crippen LogP contribution is -2.41. The summed E-state index contributed by atoms with van der Waals surface area (Å²) >= 11 is 0. The number of hydrogen-bond donors (Lipinski definition) is 2. The molecule has 0 atom stereocenters. The summed E-state index contributed by atoms with van der Waals surface area (Å²) in [7, 11) is 0. The lowest BCUT2D eigenvalue weighted by molar-refractivity contribution is 0.0733. The number of pyridine rings is 1. The van der Waals surface area contributed by atoms with Gasteiger partial charge in [0, 0.05) is 31.4 Å². The molecule has 0 aliphatic carbocycles. The second-order valence-electron chi connectivity index (χ2n) is 7.81. The number of nitrogens with zero attached hydrogens (tertiary/aromatic N) is 2. The number of nitrogens with one attached hydrogen (secondary N) is 1. The van der Waals surface area contributed by atoms with Crippen LogP contribution in [0.1, 0.15) is 44.3 Å². The highest BCUT2D eigenvalue weighted by Crippen LogP contribution is 2.23. The standard InChI is InChI=1S/C25H25N3O4/c1-2-26-23(30)22-21-11-12-27(24(31)18-9-6-10-20(29)13-18)15-19(21)16-28(25(22)32)14-17-7-4-3-5-8-17/h3-10,13,16,29H,2,11-12,14-15H2,1H3,(H,26,30). The summed E-state index contributed by atoms with van der Waals surface area (Å²) in [6.45, 7) is 3.23. The summed E-state index contributed by atoms with van der Waals surface area (Å²) in [4.78, 5) is 40.7. The fourth-order valence-electron chi connectivity index (χ4n) is 4.09. The van der Waals surface area contributed by atoms with Crippen LogP contribution >= 0.6 is 0 Å². The molecule has 3 aromatic rings. The molecule has 2 amide bonds. The Labute approximate surface area is 185 Å². The molecule has 1 aliphatic heterocycles. The van der Waals surface area contributed by atoms with E-state index >= 15 is 0 Å². The topological polar surface area (TPSA) is 91.6 Å². The zero-order valence-corrected chi connectivity index (χ0v) is 17.9. The molecular weight excluding hydrogens is 406 g/mol. The molecule has 0 unspecified atom stereocenters. The first-order valence-electron chi connectivity index (χ1n) is 10.6. The number of phenolic OH excluding ortho intramolecular Hbond substituents is 1. The van der Waals surface area contributed by atoms with Gasteiger partial charge in [0.25, 0.3) is 17.4 Å². The van der Waals surface area contributed by atoms with E-state index < -0.39 is 0 Å². The van der Waals surface area contributed by atoms with Crippen LogP contribution < -0.4 is 10.9 Å². The molecule has 0 bridgehead atoms. The maximum Gasteiger partial charge on any atom is 0.264 e. The Morgan fingerprint density at radius 3 is 2.59 bits per heavy atom. The zero-order valence-electron chi connectivity index (χ0n) is 17.9. The number of carbonyl (C=O) groups excluding carboxylic acids is 2. The number of hydrogen-bond acceptors (Lipinski definition) is 4. The number of aromatic nitrogens is 1. The molecule has 0 saturated carbocycles. The van der Waals surface area contributed by atoms with Gasteiger partial charge in [0.1, 0.15) is 11.3 Å². The van der Waals surface area contributed by atoms with Crippen molar-refractivity contribution in [1.29, 1.82) is 0 Å². The number of benzene rings is 2. The third kappa shape index (κ3) is 4.27. The molecule has 32 heavy (non-hydrogen) atoms. The third-order valence-corrected chi connectivity index (χ3v) is 5.61. The van der Waals surface area contributed by atoms with Gasteiger partial charge in [-0.1, -0.05) is 36.4 Å². The van der Waals surface area contributed by atoms with Gasteiger partial charge in [0.2, 0.25) is 0 Å². The van der Waals surface area contributed by atoms with E-state index in [0.29, 0.717) is 37.2 Å². The molecule has 7 nitrogen and oxygen atoms in total. The number of amides is 2. The first-order valence-corrected chi connectivity index (χ1v) is 10.6. The highest BCUT2D eigenvalue weighted by molar-refractivity contribution is 5.97. The van der Waals surface area contributed by atoms with E-state index in [2.05, 4.69) is 5.32 Å². The summed E-state index contributed by atoms with van der Waals surface area (Å²) in [5.74, 6) is -0.556. The van der Waals surface area contributed by atoms with Crippen LogP contribution in [0.3, 0.4) is 0 Å². The van der Waals surface area contributed by atoms with E-state index in [9.17, 15) is 19.5 Å². The van der Waals surface area contributed by atoms with Crippen LogP contribution in [-0.2, 0) is 19.5 Å². The number of carbonyl (C=O) groups is 2. The molecule has 2 heterocycles. The van der Waals surface area contributed by atoms with Crippen molar-refractivity contribution in [3.63, 3.8) is 0 Å². The summed E-state index contributed by atoms with van der Waals surface area (Å²) in [6.07, 6.45) is 2.17. The predicted molar refractivity (Wildman–Crippen MR) is 121 cm³/mol. The lowest BCUT2D eigenvalue weighted by atomic mass is 9.95. The van der Waals surface area contributed by atoms with Gasteiger partial charge in [-0.15, -0.1) is 0 Å². The SMILES string of the molecule is CCNC(=O)c1c2c(cn(Cc3ccccc3)c1=O)CN(C(=O)c1cccc(O)c1)CC2. The minimum Gasteiger partial charge on any atom is -0.508 e. The molecule has 164 valence electrons. The first-order chi connectivity index (χ1) is 15.5. The van der Waals surface area contributed by atoms with Crippen molar-refractivity contribution in [2.75, 3.05) is 13.1 Å². The minimum atomic E-state index is -0.385. The van der Waals surface area contributed by atoms with Crippen molar-refractivity contribution in [3.8, 4) is 5.75 Å². The van der Waals surface area contributed by atoms with Gasteiger partial charge in [-0.05, 0) is 48.2 Å². The minimum absolute atomic E-state index is 0.0310. The summed E-state index contributed by atoms with van der Waals surface area (Å²) in [6, 6.07) is 15.8. The highest BCUT2D eigenvalue weighted by atomic mass is 16.3. The fourth-order valence-corrected chi connectivity index (χ4v) is 4.09. The Hall–Kier alpha value is -3.87. The molecular formula is C25H25N3O4. The Balaban J connectivity index is 1.73. The van der Waals surface area contributed by atoms with E-state index in [-0.39, 0.29) is 35.2 Å². The summed E-state index contributed by atoms with van der Waals surface area (Å²) in [5.41, 5.74) is 2.65. The normalized spacial score (nSPS) is 12.8. The van der Waals surface area contributed by atoms with Crippen molar-refractivity contribution < 1.29 is 14.7 Å². The molecule has 2 aromatic carbocycles. The van der Waals surface area contributed by atoms with Crippen molar-refractivity contribution >= 4 is 11.8 Å². The van der Waals surface area contributed by atoms with Crippen LogP contribution in [-0.4, -0.2) is 39.5 Å². The van der Waals surface area contributed by atoms with E-state index in [1.54, 1.807) is 27.8 Å². The second kappa shape index (κ2) is 9.09. The lowest BCUT2D eigenvalue weighted by Gasteiger charge is -2.30.